The topological polar surface area (TPSA) is 71.8 Å². The Balaban J connectivity index is 1.42. The van der Waals surface area contributed by atoms with Crippen LogP contribution in [0.5, 0.6) is 0 Å². The number of halogens is 3. The minimum absolute atomic E-state index is 0.110. The number of fused-ring (bicyclic) bond motifs is 1. The van der Waals surface area contributed by atoms with Crippen molar-refractivity contribution in [2.24, 2.45) is 7.05 Å². The Labute approximate surface area is 194 Å². The highest BCUT2D eigenvalue weighted by Gasteiger charge is 2.29. The summed E-state index contributed by atoms with van der Waals surface area (Å²) in [6.07, 6.45) is 5.77. The first-order chi connectivity index (χ1) is 16.0. The predicted octanol–water partition coefficient (Wildman–Crippen LogP) is 4.55. The summed E-state index contributed by atoms with van der Waals surface area (Å²) >= 11 is 6.14. The third kappa shape index (κ3) is 4.11. The second kappa shape index (κ2) is 8.74. The van der Waals surface area contributed by atoms with E-state index in [0.717, 1.165) is 5.56 Å². The number of nitrogens with one attached hydrogen (secondary N) is 1. The van der Waals surface area contributed by atoms with E-state index in [9.17, 15) is 0 Å². The van der Waals surface area contributed by atoms with Gasteiger partial charge in [-0.05, 0) is 36.6 Å². The van der Waals surface area contributed by atoms with Gasteiger partial charge in [-0.3, -0.25) is 4.68 Å². The fraction of sp³-hybridized carbons (Fsp3) is 0.217. The third-order valence-corrected chi connectivity index (χ3v) is 6.05. The number of aryl methyl sites for hydroxylation is 1. The van der Waals surface area contributed by atoms with Crippen LogP contribution in [0.2, 0.25) is 5.15 Å². The average molecular weight is 468 g/mol. The zero-order chi connectivity index (χ0) is 22.9. The number of hydrogen-bond donors (Lipinski definition) is 1. The van der Waals surface area contributed by atoms with Crippen molar-refractivity contribution >= 4 is 29.1 Å². The molecule has 0 aliphatic carbocycles. The molecule has 1 N–H and O–H groups in total. The zero-order valence-electron chi connectivity index (χ0n) is 17.8. The molecule has 0 saturated carbocycles. The van der Waals surface area contributed by atoms with Crippen LogP contribution in [-0.2, 0) is 19.9 Å². The van der Waals surface area contributed by atoms with Crippen LogP contribution in [-0.4, -0.2) is 37.8 Å². The van der Waals surface area contributed by atoms with Gasteiger partial charge in [-0.25, -0.2) is 23.7 Å². The lowest BCUT2D eigenvalue weighted by atomic mass is 10.0. The molecule has 33 heavy (non-hydrogen) atoms. The summed E-state index contributed by atoms with van der Waals surface area (Å²) in [5.41, 5.74) is 1.95. The van der Waals surface area contributed by atoms with E-state index in [-0.39, 0.29) is 11.5 Å². The van der Waals surface area contributed by atoms with Crippen LogP contribution in [0.4, 0.5) is 26.2 Å². The van der Waals surface area contributed by atoms with Crippen LogP contribution in [0.25, 0.3) is 11.3 Å². The first-order valence-electron chi connectivity index (χ1n) is 10.4. The van der Waals surface area contributed by atoms with Crippen molar-refractivity contribution in [2.75, 3.05) is 23.3 Å². The van der Waals surface area contributed by atoms with E-state index in [1.54, 1.807) is 36.3 Å². The van der Waals surface area contributed by atoms with Gasteiger partial charge in [-0.1, -0.05) is 17.7 Å². The lowest BCUT2D eigenvalue weighted by molar-refractivity contribution is 0.596. The van der Waals surface area contributed by atoms with Gasteiger partial charge in [-0.2, -0.15) is 5.10 Å². The fourth-order valence-corrected chi connectivity index (χ4v) is 4.26. The SMILES string of the molecule is Cn1nccc1Nc1nccc(-c2cc(F)c3c(c2F)CCN3CCc2cccnc2Cl)n1. The number of aromatic nitrogens is 5. The number of rotatable bonds is 6. The zero-order valence-corrected chi connectivity index (χ0v) is 18.5. The van der Waals surface area contributed by atoms with Gasteiger partial charge in [0, 0.05) is 49.7 Å². The maximum Gasteiger partial charge on any atom is 0.228 e. The Morgan fingerprint density at radius 1 is 1.12 bits per heavy atom. The smallest absolute Gasteiger partial charge is 0.228 e. The molecular formula is C23H20ClF2N7. The van der Waals surface area contributed by atoms with E-state index < -0.39 is 11.6 Å². The second-order valence-electron chi connectivity index (χ2n) is 7.72. The lowest BCUT2D eigenvalue weighted by Crippen LogP contribution is -2.24. The predicted molar refractivity (Wildman–Crippen MR) is 123 cm³/mol. The molecule has 0 amide bonds. The highest BCUT2D eigenvalue weighted by Crippen LogP contribution is 2.38. The van der Waals surface area contributed by atoms with Crippen LogP contribution in [0.1, 0.15) is 11.1 Å². The van der Waals surface area contributed by atoms with Crippen LogP contribution < -0.4 is 10.2 Å². The van der Waals surface area contributed by atoms with Crippen molar-refractivity contribution in [3.05, 3.63) is 76.8 Å². The number of nitrogens with zero attached hydrogens (tertiary/aromatic N) is 6. The van der Waals surface area contributed by atoms with Gasteiger partial charge >= 0.3 is 0 Å². The van der Waals surface area contributed by atoms with E-state index in [1.807, 2.05) is 17.0 Å². The molecule has 7 nitrogen and oxygen atoms in total. The quantitative estimate of drug-likeness (QED) is 0.419. The van der Waals surface area contributed by atoms with E-state index in [2.05, 4.69) is 25.4 Å². The van der Waals surface area contributed by atoms with Crippen molar-refractivity contribution in [3.63, 3.8) is 0 Å². The molecule has 5 rings (SSSR count). The van der Waals surface area contributed by atoms with Crippen LogP contribution in [0, 0.1) is 11.6 Å². The molecule has 0 bridgehead atoms. The molecular weight excluding hydrogens is 448 g/mol. The maximum atomic E-state index is 15.5. The highest BCUT2D eigenvalue weighted by molar-refractivity contribution is 6.30. The van der Waals surface area contributed by atoms with Gasteiger partial charge in [0.2, 0.25) is 5.95 Å². The van der Waals surface area contributed by atoms with Gasteiger partial charge in [0.05, 0.1) is 17.6 Å². The Kier molecular flexibility index (Phi) is 5.63. The molecule has 0 unspecified atom stereocenters. The van der Waals surface area contributed by atoms with Crippen LogP contribution in [0.15, 0.2) is 48.9 Å². The molecule has 10 heteroatoms. The monoisotopic (exact) mass is 467 g/mol. The number of pyridine rings is 1. The number of hydrogen-bond acceptors (Lipinski definition) is 6. The molecule has 1 aromatic carbocycles. The van der Waals surface area contributed by atoms with Gasteiger partial charge in [0.25, 0.3) is 0 Å². The van der Waals surface area contributed by atoms with Crippen LogP contribution >= 0.6 is 11.6 Å². The van der Waals surface area contributed by atoms with Gasteiger partial charge in [-0.15, -0.1) is 0 Å². The molecule has 1 aliphatic heterocycles. The van der Waals surface area contributed by atoms with E-state index >= 15 is 8.78 Å². The summed E-state index contributed by atoms with van der Waals surface area (Å²) in [5, 5.41) is 7.54. The van der Waals surface area contributed by atoms with Crippen LogP contribution in [0.3, 0.4) is 0 Å². The van der Waals surface area contributed by atoms with E-state index in [1.165, 1.54) is 12.3 Å². The second-order valence-corrected chi connectivity index (χ2v) is 8.08. The van der Waals surface area contributed by atoms with Crippen molar-refractivity contribution in [3.8, 4) is 11.3 Å². The van der Waals surface area contributed by atoms with Crippen molar-refractivity contribution in [1.29, 1.82) is 0 Å². The van der Waals surface area contributed by atoms with Crippen molar-refractivity contribution in [2.45, 2.75) is 12.8 Å². The molecule has 168 valence electrons. The van der Waals surface area contributed by atoms with Crippen molar-refractivity contribution < 1.29 is 8.78 Å². The molecule has 0 fully saturated rings. The summed E-state index contributed by atoms with van der Waals surface area (Å²) in [6, 6.07) is 8.23. The first-order valence-corrected chi connectivity index (χ1v) is 10.8. The summed E-state index contributed by atoms with van der Waals surface area (Å²) < 4.78 is 32.3. The summed E-state index contributed by atoms with van der Waals surface area (Å²) in [7, 11) is 1.77. The molecule has 0 spiro atoms. The fourth-order valence-electron chi connectivity index (χ4n) is 4.05. The van der Waals surface area contributed by atoms with E-state index in [0.29, 0.717) is 53.8 Å². The maximum absolute atomic E-state index is 15.5. The first kappa shape index (κ1) is 21.3. The Morgan fingerprint density at radius 3 is 2.79 bits per heavy atom. The minimum Gasteiger partial charge on any atom is -0.368 e. The van der Waals surface area contributed by atoms with Crippen molar-refractivity contribution in [1.82, 2.24) is 24.7 Å². The highest BCUT2D eigenvalue weighted by atomic mass is 35.5. The average Bonchev–Trinajstić information content (AvgIpc) is 3.43. The molecule has 4 aromatic rings. The molecule has 1 aliphatic rings. The Morgan fingerprint density at radius 2 is 2.00 bits per heavy atom. The molecule has 0 atom stereocenters. The largest absolute Gasteiger partial charge is 0.368 e. The van der Waals surface area contributed by atoms with Gasteiger partial charge in [0.1, 0.15) is 22.6 Å². The summed E-state index contributed by atoms with van der Waals surface area (Å²) in [5.74, 6) is 0.0120. The third-order valence-electron chi connectivity index (χ3n) is 5.71. The van der Waals surface area contributed by atoms with Gasteiger partial charge < -0.3 is 10.2 Å². The summed E-state index contributed by atoms with van der Waals surface area (Å²) in [6.45, 7) is 1.04. The molecule has 3 aromatic heterocycles. The minimum atomic E-state index is -0.476. The Hall–Kier alpha value is -3.59. The standard InChI is InChI=1S/C23H20ClF2N7/c1-32-19(5-10-29-32)31-23-28-9-4-18(30-23)16-13-17(25)21-15(20(16)26)7-12-33(21)11-6-14-3-2-8-27-22(14)24/h2-5,8-10,13H,6-7,11-12H2,1H3,(H,28,30,31). The summed E-state index contributed by atoms with van der Waals surface area (Å²) in [4.78, 5) is 14.5. The number of anilines is 3. The number of benzene rings is 1. The molecule has 0 saturated heterocycles. The normalized spacial score (nSPS) is 12.8. The molecule has 0 radical (unpaired) electrons. The Bertz CT molecular complexity index is 1320. The van der Waals surface area contributed by atoms with Gasteiger partial charge in [0.15, 0.2) is 0 Å². The van der Waals surface area contributed by atoms with E-state index in [4.69, 9.17) is 11.6 Å². The lowest BCUT2D eigenvalue weighted by Gasteiger charge is -2.21. The molecule has 4 heterocycles.